The van der Waals surface area contributed by atoms with E-state index in [-0.39, 0.29) is 10.7 Å². The molecule has 0 radical (unpaired) electrons. The summed E-state index contributed by atoms with van der Waals surface area (Å²) in [7, 11) is 0. The fraction of sp³-hybridized carbons (Fsp3) is 0.368. The number of halogens is 3. The molecule has 2 unspecified atom stereocenters. The van der Waals surface area contributed by atoms with Crippen molar-refractivity contribution in [1.29, 1.82) is 0 Å². The maximum absolute atomic E-state index is 13.1. The molecule has 0 spiro atoms. The number of piperidine rings is 1. The highest BCUT2D eigenvalue weighted by Gasteiger charge is 2.30. The average Bonchev–Trinajstić information content (AvgIpc) is 2.70. The topological polar surface area (TPSA) is 84.4 Å². The molecule has 1 aromatic heterocycles. The summed E-state index contributed by atoms with van der Waals surface area (Å²) in [6.07, 6.45) is 0.388. The Morgan fingerprint density at radius 3 is 2.76 bits per heavy atom. The molecular formula is C19H19Cl2FN4O3. The van der Waals surface area contributed by atoms with Crippen LogP contribution in [0.2, 0.25) is 10.2 Å². The first-order chi connectivity index (χ1) is 13.8. The molecule has 1 fully saturated rings. The van der Waals surface area contributed by atoms with Crippen LogP contribution in [-0.2, 0) is 14.3 Å². The van der Waals surface area contributed by atoms with E-state index in [2.05, 4.69) is 15.5 Å². The van der Waals surface area contributed by atoms with Crippen molar-refractivity contribution in [3.63, 3.8) is 0 Å². The third kappa shape index (κ3) is 5.55. The van der Waals surface area contributed by atoms with E-state index in [9.17, 15) is 14.0 Å². The van der Waals surface area contributed by atoms with Gasteiger partial charge in [0.25, 0.3) is 5.91 Å². The number of anilines is 2. The van der Waals surface area contributed by atoms with Gasteiger partial charge in [-0.05, 0) is 50.1 Å². The summed E-state index contributed by atoms with van der Waals surface area (Å²) in [5, 5.41) is 10.7. The molecule has 1 aromatic carbocycles. The van der Waals surface area contributed by atoms with E-state index in [0.717, 1.165) is 19.0 Å². The molecule has 0 bridgehead atoms. The van der Waals surface area contributed by atoms with E-state index in [0.29, 0.717) is 23.9 Å². The molecule has 154 valence electrons. The molecule has 0 aliphatic carbocycles. The monoisotopic (exact) mass is 440 g/mol. The number of hydrogen-bond acceptors (Lipinski definition) is 6. The number of nitrogens with zero attached hydrogens (tertiary/aromatic N) is 3. The summed E-state index contributed by atoms with van der Waals surface area (Å²) in [5.41, 5.74) is 0.242. The molecule has 1 amide bonds. The van der Waals surface area contributed by atoms with Crippen molar-refractivity contribution in [1.82, 2.24) is 10.2 Å². The van der Waals surface area contributed by atoms with Crippen LogP contribution in [0.4, 0.5) is 15.9 Å². The highest BCUT2D eigenvalue weighted by molar-refractivity contribution is 6.33. The van der Waals surface area contributed by atoms with Gasteiger partial charge in [0.1, 0.15) is 5.82 Å². The second-order valence-corrected chi connectivity index (χ2v) is 7.49. The first-order valence-electron chi connectivity index (χ1n) is 9.04. The quantitative estimate of drug-likeness (QED) is 0.713. The van der Waals surface area contributed by atoms with Crippen molar-refractivity contribution in [2.24, 2.45) is 5.92 Å². The minimum atomic E-state index is -1.03. The number of benzene rings is 1. The van der Waals surface area contributed by atoms with Crippen LogP contribution in [0, 0.1) is 11.7 Å². The summed E-state index contributed by atoms with van der Waals surface area (Å²) in [6.45, 7) is 2.61. The third-order valence-electron chi connectivity index (χ3n) is 4.55. The zero-order chi connectivity index (χ0) is 21.0. The Balaban J connectivity index is 1.57. The van der Waals surface area contributed by atoms with Crippen molar-refractivity contribution in [2.75, 3.05) is 23.3 Å². The van der Waals surface area contributed by atoms with Crippen molar-refractivity contribution < 1.29 is 18.7 Å². The van der Waals surface area contributed by atoms with Gasteiger partial charge < -0.3 is 15.0 Å². The van der Waals surface area contributed by atoms with E-state index in [1.807, 2.05) is 4.90 Å². The smallest absolute Gasteiger partial charge is 0.311 e. The van der Waals surface area contributed by atoms with Crippen LogP contribution in [0.5, 0.6) is 0 Å². The predicted molar refractivity (Wildman–Crippen MR) is 108 cm³/mol. The summed E-state index contributed by atoms with van der Waals surface area (Å²) >= 11 is 11.7. The Morgan fingerprint density at radius 2 is 2.07 bits per heavy atom. The molecule has 2 heterocycles. The van der Waals surface area contributed by atoms with Gasteiger partial charge in [-0.25, -0.2) is 4.39 Å². The standard InChI is InChI=1S/C19H19Cl2FN4O3/c1-11(18(27)23-15-5-4-13(22)9-14(15)20)29-19(28)12-3-2-8-26(10-12)17-7-6-16(21)24-25-17/h4-7,9,11-12H,2-3,8,10H2,1H3,(H,23,27). The largest absolute Gasteiger partial charge is 0.452 e. The number of carbonyl (C=O) groups is 2. The Kier molecular flexibility index (Phi) is 6.87. The lowest BCUT2D eigenvalue weighted by Crippen LogP contribution is -2.41. The van der Waals surface area contributed by atoms with Crippen molar-refractivity contribution >= 4 is 46.6 Å². The Labute approximate surface area is 177 Å². The number of carbonyl (C=O) groups excluding carboxylic acids is 2. The van der Waals surface area contributed by atoms with Crippen LogP contribution in [0.1, 0.15) is 19.8 Å². The van der Waals surface area contributed by atoms with E-state index < -0.39 is 29.7 Å². The van der Waals surface area contributed by atoms with E-state index in [4.69, 9.17) is 27.9 Å². The van der Waals surface area contributed by atoms with Crippen LogP contribution < -0.4 is 10.2 Å². The fourth-order valence-electron chi connectivity index (χ4n) is 3.00. The lowest BCUT2D eigenvalue weighted by atomic mass is 9.98. The fourth-order valence-corrected chi connectivity index (χ4v) is 3.32. The molecule has 2 aromatic rings. The maximum Gasteiger partial charge on any atom is 0.311 e. The first kappa shape index (κ1) is 21.3. The van der Waals surface area contributed by atoms with Crippen LogP contribution in [-0.4, -0.2) is 41.3 Å². The highest BCUT2D eigenvalue weighted by atomic mass is 35.5. The summed E-state index contributed by atoms with van der Waals surface area (Å²) in [5.74, 6) is -1.30. The van der Waals surface area contributed by atoms with Gasteiger partial charge in [0, 0.05) is 13.1 Å². The van der Waals surface area contributed by atoms with Gasteiger partial charge in [0.15, 0.2) is 17.1 Å². The minimum absolute atomic E-state index is 0.0591. The summed E-state index contributed by atoms with van der Waals surface area (Å²) < 4.78 is 18.4. The number of esters is 1. The second-order valence-electron chi connectivity index (χ2n) is 6.69. The van der Waals surface area contributed by atoms with Gasteiger partial charge in [-0.2, -0.15) is 0 Å². The third-order valence-corrected chi connectivity index (χ3v) is 5.06. The van der Waals surface area contributed by atoms with E-state index in [1.165, 1.54) is 19.1 Å². The van der Waals surface area contributed by atoms with Gasteiger partial charge in [-0.1, -0.05) is 23.2 Å². The number of rotatable bonds is 5. The summed E-state index contributed by atoms with van der Waals surface area (Å²) in [6, 6.07) is 6.99. The molecular weight excluding hydrogens is 422 g/mol. The first-order valence-corrected chi connectivity index (χ1v) is 9.79. The molecule has 7 nitrogen and oxygen atoms in total. The summed E-state index contributed by atoms with van der Waals surface area (Å²) in [4.78, 5) is 26.8. The van der Waals surface area contributed by atoms with Gasteiger partial charge in [0.2, 0.25) is 0 Å². The van der Waals surface area contributed by atoms with Crippen LogP contribution >= 0.6 is 23.2 Å². The Morgan fingerprint density at radius 1 is 1.28 bits per heavy atom. The van der Waals surface area contributed by atoms with E-state index >= 15 is 0 Å². The predicted octanol–water partition coefficient (Wildman–Crippen LogP) is 3.71. The molecule has 2 atom stereocenters. The molecule has 1 N–H and O–H groups in total. The van der Waals surface area contributed by atoms with Crippen LogP contribution in [0.15, 0.2) is 30.3 Å². The second kappa shape index (κ2) is 9.37. The number of aromatic nitrogens is 2. The number of nitrogens with one attached hydrogen (secondary N) is 1. The molecule has 29 heavy (non-hydrogen) atoms. The molecule has 3 rings (SSSR count). The average molecular weight is 441 g/mol. The van der Waals surface area contributed by atoms with Crippen molar-refractivity contribution in [3.8, 4) is 0 Å². The van der Waals surface area contributed by atoms with Crippen molar-refractivity contribution in [3.05, 3.63) is 46.3 Å². The number of amides is 1. The zero-order valence-corrected chi connectivity index (χ0v) is 17.1. The Bertz CT molecular complexity index is 898. The highest BCUT2D eigenvalue weighted by Crippen LogP contribution is 2.24. The molecule has 10 heteroatoms. The molecule has 1 saturated heterocycles. The van der Waals surface area contributed by atoms with E-state index in [1.54, 1.807) is 12.1 Å². The normalized spacial score (nSPS) is 17.5. The minimum Gasteiger partial charge on any atom is -0.452 e. The van der Waals surface area contributed by atoms with Gasteiger partial charge >= 0.3 is 5.97 Å². The molecule has 1 aliphatic rings. The maximum atomic E-state index is 13.1. The number of hydrogen-bond donors (Lipinski definition) is 1. The van der Waals surface area contributed by atoms with Crippen LogP contribution in [0.25, 0.3) is 0 Å². The number of ether oxygens (including phenoxy) is 1. The SMILES string of the molecule is CC(OC(=O)C1CCCN(c2ccc(Cl)nn2)C1)C(=O)Nc1ccc(F)cc1Cl. The van der Waals surface area contributed by atoms with Gasteiger partial charge in [-0.3, -0.25) is 9.59 Å². The zero-order valence-electron chi connectivity index (χ0n) is 15.6. The van der Waals surface area contributed by atoms with Crippen molar-refractivity contribution in [2.45, 2.75) is 25.9 Å². The lowest BCUT2D eigenvalue weighted by molar-refractivity contribution is -0.157. The molecule has 1 aliphatic heterocycles. The molecule has 0 saturated carbocycles. The Hall–Kier alpha value is -2.45. The van der Waals surface area contributed by atoms with Gasteiger partial charge in [0.05, 0.1) is 16.6 Å². The van der Waals surface area contributed by atoms with Gasteiger partial charge in [-0.15, -0.1) is 10.2 Å². The lowest BCUT2D eigenvalue weighted by Gasteiger charge is -2.32. The van der Waals surface area contributed by atoms with Crippen LogP contribution in [0.3, 0.4) is 0 Å².